The maximum absolute atomic E-state index is 12.4. The molecule has 0 saturated heterocycles. The first-order valence-corrected chi connectivity index (χ1v) is 11.0. The van der Waals surface area contributed by atoms with Gasteiger partial charge in [0.05, 0.1) is 22.9 Å². The van der Waals surface area contributed by atoms with Gasteiger partial charge >= 0.3 is 5.97 Å². The summed E-state index contributed by atoms with van der Waals surface area (Å²) in [4.78, 5) is 16.7. The van der Waals surface area contributed by atoms with E-state index in [2.05, 4.69) is 20.4 Å². The van der Waals surface area contributed by atoms with Crippen molar-refractivity contribution >= 4 is 38.6 Å². The molecule has 1 atom stereocenters. The van der Waals surface area contributed by atoms with Gasteiger partial charge in [0, 0.05) is 35.5 Å². The van der Waals surface area contributed by atoms with Crippen LogP contribution in [0.15, 0.2) is 33.3 Å². The third kappa shape index (κ3) is 3.21. The SMILES string of the molecule is CS(=O)(=O)c1ccnc2c1c(Sc1cn[nH]n1)c1n2CCCC1CC(=O)O. The smallest absolute Gasteiger partial charge is 0.304 e. The summed E-state index contributed by atoms with van der Waals surface area (Å²) in [6.07, 6.45) is 5.72. The second kappa shape index (κ2) is 6.64. The average molecular weight is 407 g/mol. The molecule has 1 aliphatic heterocycles. The fraction of sp³-hybridized carbons (Fsp3) is 0.375. The van der Waals surface area contributed by atoms with Gasteiger partial charge in [0.15, 0.2) is 9.84 Å². The van der Waals surface area contributed by atoms with Gasteiger partial charge in [-0.25, -0.2) is 13.4 Å². The number of sulfone groups is 1. The Morgan fingerprint density at radius 3 is 2.96 bits per heavy atom. The Morgan fingerprint density at radius 1 is 1.48 bits per heavy atom. The van der Waals surface area contributed by atoms with Gasteiger partial charge in [-0.15, -0.1) is 5.10 Å². The lowest BCUT2D eigenvalue weighted by molar-refractivity contribution is -0.137. The van der Waals surface area contributed by atoms with Gasteiger partial charge in [-0.2, -0.15) is 10.3 Å². The van der Waals surface area contributed by atoms with Gasteiger partial charge in [-0.1, -0.05) is 11.8 Å². The van der Waals surface area contributed by atoms with Gasteiger partial charge in [0.25, 0.3) is 0 Å². The number of pyridine rings is 1. The minimum atomic E-state index is -3.50. The number of carbonyl (C=O) groups is 1. The van der Waals surface area contributed by atoms with E-state index in [0.717, 1.165) is 24.8 Å². The first kappa shape index (κ1) is 18.0. The Bertz CT molecular complexity index is 1120. The Hall–Kier alpha value is -2.40. The monoisotopic (exact) mass is 407 g/mol. The van der Waals surface area contributed by atoms with E-state index in [1.165, 1.54) is 24.0 Å². The summed E-state index contributed by atoms with van der Waals surface area (Å²) in [5, 5.41) is 20.8. The van der Waals surface area contributed by atoms with Crippen LogP contribution in [-0.2, 0) is 21.2 Å². The summed E-state index contributed by atoms with van der Waals surface area (Å²) in [6, 6.07) is 1.49. The molecule has 1 unspecified atom stereocenters. The molecule has 0 saturated carbocycles. The van der Waals surface area contributed by atoms with Crippen LogP contribution >= 0.6 is 11.8 Å². The summed E-state index contributed by atoms with van der Waals surface area (Å²) in [5.74, 6) is -1.10. The van der Waals surface area contributed by atoms with Crippen LogP contribution in [0.4, 0.5) is 0 Å². The van der Waals surface area contributed by atoms with Crippen molar-refractivity contribution in [1.29, 1.82) is 0 Å². The Labute approximate surface area is 159 Å². The molecule has 11 heteroatoms. The zero-order chi connectivity index (χ0) is 19.2. The second-order valence-corrected chi connectivity index (χ2v) is 9.51. The molecule has 3 aromatic rings. The molecule has 0 amide bonds. The second-order valence-electron chi connectivity index (χ2n) is 6.49. The Morgan fingerprint density at radius 2 is 2.30 bits per heavy atom. The molecule has 9 nitrogen and oxygen atoms in total. The predicted molar refractivity (Wildman–Crippen MR) is 97.6 cm³/mol. The maximum atomic E-state index is 12.4. The van der Waals surface area contributed by atoms with Crippen molar-refractivity contribution in [1.82, 2.24) is 25.0 Å². The predicted octanol–water partition coefficient (Wildman–Crippen LogP) is 2.06. The van der Waals surface area contributed by atoms with Gasteiger partial charge in [0.2, 0.25) is 0 Å². The highest BCUT2D eigenvalue weighted by Crippen LogP contribution is 2.46. The first-order chi connectivity index (χ1) is 12.9. The number of carboxylic acid groups (broad SMARTS) is 1. The number of nitrogens with zero attached hydrogens (tertiary/aromatic N) is 4. The van der Waals surface area contributed by atoms with E-state index in [1.807, 2.05) is 4.57 Å². The summed E-state index contributed by atoms with van der Waals surface area (Å²) >= 11 is 1.28. The van der Waals surface area contributed by atoms with Crippen molar-refractivity contribution in [2.75, 3.05) is 6.26 Å². The van der Waals surface area contributed by atoms with Crippen LogP contribution in [0.1, 0.15) is 30.9 Å². The molecule has 0 fully saturated rings. The van der Waals surface area contributed by atoms with Crippen LogP contribution in [0, 0.1) is 0 Å². The molecule has 0 spiro atoms. The summed E-state index contributed by atoms with van der Waals surface area (Å²) in [5.41, 5.74) is 1.38. The number of aliphatic carboxylic acids is 1. The quantitative estimate of drug-likeness (QED) is 0.657. The van der Waals surface area contributed by atoms with E-state index >= 15 is 0 Å². The standard InChI is InChI=1S/C16H17N5O4S2/c1-27(24,25)10-4-5-17-16-13(10)15(26-11-8-18-20-19-11)14-9(7-12(22)23)3-2-6-21(14)16/h4-5,8-9H,2-3,6-7H2,1H3,(H,22,23)(H,18,19,20). The van der Waals surface area contributed by atoms with Crippen molar-refractivity contribution in [2.24, 2.45) is 0 Å². The highest BCUT2D eigenvalue weighted by Gasteiger charge is 2.32. The van der Waals surface area contributed by atoms with E-state index in [4.69, 9.17) is 0 Å². The molecule has 0 aromatic carbocycles. The molecule has 0 bridgehead atoms. The number of fused-ring (bicyclic) bond motifs is 3. The summed E-state index contributed by atoms with van der Waals surface area (Å²) < 4.78 is 26.8. The number of hydrogen-bond acceptors (Lipinski definition) is 7. The molecular formula is C16H17N5O4S2. The normalized spacial score (nSPS) is 17.1. The van der Waals surface area contributed by atoms with Crippen LogP contribution in [0.25, 0.3) is 11.0 Å². The number of aromatic amines is 1. The highest BCUT2D eigenvalue weighted by atomic mass is 32.2. The van der Waals surface area contributed by atoms with Crippen LogP contribution in [0.5, 0.6) is 0 Å². The molecule has 3 aromatic heterocycles. The van der Waals surface area contributed by atoms with Gasteiger partial charge in [-0.05, 0) is 18.9 Å². The largest absolute Gasteiger partial charge is 0.481 e. The van der Waals surface area contributed by atoms with Crippen LogP contribution in [-0.4, -0.2) is 50.7 Å². The lowest BCUT2D eigenvalue weighted by Gasteiger charge is -2.25. The Balaban J connectivity index is 2.04. The van der Waals surface area contributed by atoms with Gasteiger partial charge < -0.3 is 9.67 Å². The van der Waals surface area contributed by atoms with Crippen molar-refractivity contribution < 1.29 is 18.3 Å². The van der Waals surface area contributed by atoms with Gasteiger partial charge in [0.1, 0.15) is 10.7 Å². The number of rotatable bonds is 5. The van der Waals surface area contributed by atoms with E-state index in [-0.39, 0.29) is 17.2 Å². The van der Waals surface area contributed by atoms with Crippen molar-refractivity contribution in [3.8, 4) is 0 Å². The van der Waals surface area contributed by atoms with E-state index in [1.54, 1.807) is 6.20 Å². The third-order valence-electron chi connectivity index (χ3n) is 4.64. The molecule has 142 valence electrons. The van der Waals surface area contributed by atoms with Crippen molar-refractivity contribution in [2.45, 2.75) is 46.5 Å². The number of H-pyrrole nitrogens is 1. The topological polar surface area (TPSA) is 131 Å². The Kier molecular flexibility index (Phi) is 4.42. The number of nitrogens with one attached hydrogen (secondary N) is 1. The lowest BCUT2D eigenvalue weighted by atomic mass is 9.93. The molecule has 0 radical (unpaired) electrons. The number of hydrogen-bond donors (Lipinski definition) is 2. The molecule has 27 heavy (non-hydrogen) atoms. The zero-order valence-electron chi connectivity index (χ0n) is 14.4. The molecule has 4 rings (SSSR count). The van der Waals surface area contributed by atoms with Crippen LogP contribution in [0.3, 0.4) is 0 Å². The third-order valence-corrected chi connectivity index (χ3v) is 6.80. The zero-order valence-corrected chi connectivity index (χ0v) is 16.0. The average Bonchev–Trinajstić information content (AvgIpc) is 3.21. The van der Waals surface area contributed by atoms with E-state index < -0.39 is 15.8 Å². The highest BCUT2D eigenvalue weighted by molar-refractivity contribution is 7.99. The molecule has 4 heterocycles. The maximum Gasteiger partial charge on any atom is 0.304 e. The van der Waals surface area contributed by atoms with E-state index in [9.17, 15) is 18.3 Å². The number of carboxylic acids is 1. The summed E-state index contributed by atoms with van der Waals surface area (Å²) in [6.45, 7) is 0.668. The van der Waals surface area contributed by atoms with Gasteiger partial charge in [-0.3, -0.25) is 4.79 Å². The van der Waals surface area contributed by atoms with Crippen molar-refractivity contribution in [3.63, 3.8) is 0 Å². The minimum Gasteiger partial charge on any atom is -0.481 e. The number of aryl methyl sites for hydroxylation is 1. The number of aromatic nitrogens is 5. The molecule has 2 N–H and O–H groups in total. The fourth-order valence-electron chi connectivity index (χ4n) is 3.65. The van der Waals surface area contributed by atoms with Crippen LogP contribution in [0.2, 0.25) is 0 Å². The fourth-order valence-corrected chi connectivity index (χ4v) is 5.67. The molecule has 1 aliphatic rings. The lowest BCUT2D eigenvalue weighted by Crippen LogP contribution is -2.18. The summed E-state index contributed by atoms with van der Waals surface area (Å²) in [7, 11) is -3.50. The molecule has 0 aliphatic carbocycles. The van der Waals surface area contributed by atoms with Crippen molar-refractivity contribution in [3.05, 3.63) is 24.2 Å². The first-order valence-electron chi connectivity index (χ1n) is 8.33. The van der Waals surface area contributed by atoms with Crippen LogP contribution < -0.4 is 0 Å². The van der Waals surface area contributed by atoms with E-state index in [0.29, 0.717) is 27.5 Å². The minimum absolute atomic E-state index is 0.0170. The molecular weight excluding hydrogens is 390 g/mol.